The highest BCUT2D eigenvalue weighted by atomic mass is 79.9. The van der Waals surface area contributed by atoms with Crippen molar-refractivity contribution in [2.75, 3.05) is 6.54 Å². The van der Waals surface area contributed by atoms with Crippen LogP contribution in [0.3, 0.4) is 0 Å². The molecule has 1 saturated carbocycles. The number of carbonyl (C=O) groups is 1. The summed E-state index contributed by atoms with van der Waals surface area (Å²) in [5.74, 6) is -1.45. The minimum Gasteiger partial charge on any atom is -0.351 e. The highest BCUT2D eigenvalue weighted by Crippen LogP contribution is 2.44. The molecule has 0 unspecified atom stereocenters. The number of amides is 1. The van der Waals surface area contributed by atoms with Crippen molar-refractivity contribution in [3.63, 3.8) is 0 Å². The standard InChI is InChI=1S/C12H14BrFN2O3S/c1-12(2-3-12)6-16-11(17)7-4-10(20(15,18)19)8(13)5-9(7)14/h4-5H,2-3,6H2,1H3,(H,16,17)(H2,15,18,19). The lowest BCUT2D eigenvalue weighted by molar-refractivity contribution is 0.0942. The average Bonchev–Trinajstić information content (AvgIpc) is 3.03. The van der Waals surface area contributed by atoms with Gasteiger partial charge in [-0.3, -0.25) is 4.79 Å². The lowest BCUT2D eigenvalue weighted by Crippen LogP contribution is -2.30. The predicted molar refractivity (Wildman–Crippen MR) is 75.1 cm³/mol. The van der Waals surface area contributed by atoms with Gasteiger partial charge >= 0.3 is 0 Å². The Morgan fingerprint density at radius 3 is 2.60 bits per heavy atom. The Balaban J connectivity index is 2.28. The van der Waals surface area contributed by atoms with E-state index in [4.69, 9.17) is 5.14 Å². The summed E-state index contributed by atoms with van der Waals surface area (Å²) in [6.45, 7) is 2.45. The van der Waals surface area contributed by atoms with Crippen molar-refractivity contribution in [2.45, 2.75) is 24.7 Å². The zero-order valence-electron chi connectivity index (χ0n) is 10.7. The number of halogens is 2. The molecule has 0 heterocycles. The number of benzene rings is 1. The second-order valence-electron chi connectivity index (χ2n) is 5.30. The highest BCUT2D eigenvalue weighted by Gasteiger charge is 2.37. The van der Waals surface area contributed by atoms with Crippen molar-refractivity contribution in [3.8, 4) is 0 Å². The van der Waals surface area contributed by atoms with Gasteiger partial charge in [0.05, 0.1) is 10.5 Å². The van der Waals surface area contributed by atoms with Gasteiger partial charge in [-0.2, -0.15) is 0 Å². The van der Waals surface area contributed by atoms with E-state index in [1.807, 2.05) is 6.92 Å². The molecule has 1 aliphatic rings. The van der Waals surface area contributed by atoms with Crippen LogP contribution in [0.5, 0.6) is 0 Å². The molecule has 110 valence electrons. The maximum atomic E-state index is 13.8. The van der Waals surface area contributed by atoms with E-state index in [-0.39, 0.29) is 20.3 Å². The zero-order valence-corrected chi connectivity index (χ0v) is 13.1. The van der Waals surface area contributed by atoms with Crippen molar-refractivity contribution in [3.05, 3.63) is 28.0 Å². The Morgan fingerprint density at radius 2 is 2.10 bits per heavy atom. The molecule has 0 spiro atoms. The molecule has 0 aliphatic heterocycles. The number of rotatable bonds is 4. The van der Waals surface area contributed by atoms with E-state index in [1.165, 1.54) is 0 Å². The van der Waals surface area contributed by atoms with Crippen LogP contribution in [0.25, 0.3) is 0 Å². The Labute approximate surface area is 124 Å². The Hall–Kier alpha value is -0.990. The molecular formula is C12H14BrFN2O3S. The minimum atomic E-state index is -4.03. The van der Waals surface area contributed by atoms with E-state index in [0.29, 0.717) is 6.54 Å². The molecule has 8 heteroatoms. The quantitative estimate of drug-likeness (QED) is 0.852. The first kappa shape index (κ1) is 15.4. The predicted octanol–water partition coefficient (Wildman–Crippen LogP) is 1.77. The van der Waals surface area contributed by atoms with Crippen molar-refractivity contribution in [2.24, 2.45) is 10.6 Å². The molecule has 0 aromatic heterocycles. The van der Waals surface area contributed by atoms with Crippen LogP contribution in [-0.2, 0) is 10.0 Å². The van der Waals surface area contributed by atoms with Gasteiger partial charge in [0.2, 0.25) is 10.0 Å². The van der Waals surface area contributed by atoms with Gasteiger partial charge < -0.3 is 5.32 Å². The normalized spacial score (nSPS) is 16.8. The fraction of sp³-hybridized carbons (Fsp3) is 0.417. The Morgan fingerprint density at radius 1 is 1.50 bits per heavy atom. The van der Waals surface area contributed by atoms with Gasteiger partial charge in [-0.05, 0) is 46.3 Å². The number of primary sulfonamides is 1. The summed E-state index contributed by atoms with van der Waals surface area (Å²) in [5.41, 5.74) is -0.258. The van der Waals surface area contributed by atoms with Crippen LogP contribution in [0.2, 0.25) is 0 Å². The van der Waals surface area contributed by atoms with E-state index >= 15 is 0 Å². The van der Waals surface area contributed by atoms with Crippen LogP contribution in [0.4, 0.5) is 4.39 Å². The summed E-state index contributed by atoms with van der Waals surface area (Å²) in [6, 6.07) is 1.87. The smallest absolute Gasteiger partial charge is 0.254 e. The first-order valence-electron chi connectivity index (χ1n) is 5.92. The second kappa shape index (κ2) is 5.09. The van der Waals surface area contributed by atoms with Crippen LogP contribution in [0.15, 0.2) is 21.5 Å². The maximum absolute atomic E-state index is 13.8. The third-order valence-corrected chi connectivity index (χ3v) is 5.22. The number of sulfonamides is 1. The summed E-state index contributed by atoms with van der Waals surface area (Å²) in [7, 11) is -4.03. The van der Waals surface area contributed by atoms with E-state index in [1.54, 1.807) is 0 Å². The molecule has 2 rings (SSSR count). The van der Waals surface area contributed by atoms with Crippen LogP contribution in [-0.4, -0.2) is 20.9 Å². The molecule has 1 aromatic rings. The number of hydrogen-bond donors (Lipinski definition) is 2. The van der Waals surface area contributed by atoms with Crippen LogP contribution in [0, 0.1) is 11.2 Å². The first-order valence-corrected chi connectivity index (χ1v) is 8.26. The number of carbonyl (C=O) groups excluding carboxylic acids is 1. The van der Waals surface area contributed by atoms with Crippen molar-refractivity contribution < 1.29 is 17.6 Å². The van der Waals surface area contributed by atoms with Gasteiger partial charge in [-0.1, -0.05) is 6.92 Å². The third-order valence-electron chi connectivity index (χ3n) is 3.35. The molecule has 20 heavy (non-hydrogen) atoms. The molecule has 1 fully saturated rings. The molecule has 0 bridgehead atoms. The Kier molecular flexibility index (Phi) is 3.92. The van der Waals surface area contributed by atoms with Gasteiger partial charge in [0, 0.05) is 11.0 Å². The lowest BCUT2D eigenvalue weighted by atomic mass is 10.1. The monoisotopic (exact) mass is 364 g/mol. The molecule has 1 amide bonds. The summed E-state index contributed by atoms with van der Waals surface area (Å²) in [6.07, 6.45) is 2.02. The molecule has 0 radical (unpaired) electrons. The summed E-state index contributed by atoms with van der Waals surface area (Å²) < 4.78 is 36.5. The van der Waals surface area contributed by atoms with E-state index in [0.717, 1.165) is 25.0 Å². The van der Waals surface area contributed by atoms with Gasteiger partial charge in [0.25, 0.3) is 5.91 Å². The largest absolute Gasteiger partial charge is 0.351 e. The van der Waals surface area contributed by atoms with Gasteiger partial charge in [0.1, 0.15) is 5.82 Å². The van der Waals surface area contributed by atoms with Crippen molar-refractivity contribution in [1.82, 2.24) is 5.32 Å². The number of nitrogens with two attached hydrogens (primary N) is 1. The molecule has 0 atom stereocenters. The summed E-state index contributed by atoms with van der Waals surface area (Å²) in [4.78, 5) is 11.6. The average molecular weight is 365 g/mol. The Bertz CT molecular complexity index is 672. The summed E-state index contributed by atoms with van der Waals surface area (Å²) >= 11 is 2.92. The number of hydrogen-bond acceptors (Lipinski definition) is 3. The molecule has 1 aromatic carbocycles. The second-order valence-corrected chi connectivity index (χ2v) is 7.69. The van der Waals surface area contributed by atoms with E-state index < -0.39 is 21.7 Å². The fourth-order valence-electron chi connectivity index (χ4n) is 1.70. The molecule has 5 nitrogen and oxygen atoms in total. The summed E-state index contributed by atoms with van der Waals surface area (Å²) in [5, 5.41) is 7.63. The highest BCUT2D eigenvalue weighted by molar-refractivity contribution is 9.10. The molecular weight excluding hydrogens is 351 g/mol. The first-order chi connectivity index (χ1) is 9.12. The molecule has 3 N–H and O–H groups in total. The molecule has 1 aliphatic carbocycles. The zero-order chi connectivity index (χ0) is 15.1. The SMILES string of the molecule is CC1(CNC(=O)c2cc(S(N)(=O)=O)c(Br)cc2F)CC1. The van der Waals surface area contributed by atoms with E-state index in [9.17, 15) is 17.6 Å². The van der Waals surface area contributed by atoms with Gasteiger partial charge in [-0.15, -0.1) is 0 Å². The van der Waals surface area contributed by atoms with Crippen molar-refractivity contribution >= 4 is 31.9 Å². The molecule has 0 saturated heterocycles. The van der Waals surface area contributed by atoms with Gasteiger partial charge in [-0.25, -0.2) is 17.9 Å². The van der Waals surface area contributed by atoms with E-state index in [2.05, 4.69) is 21.2 Å². The van der Waals surface area contributed by atoms with Crippen LogP contribution in [0.1, 0.15) is 30.1 Å². The minimum absolute atomic E-state index is 0.0109. The fourth-order valence-corrected chi connectivity index (χ4v) is 3.31. The third kappa shape index (κ3) is 3.36. The lowest BCUT2D eigenvalue weighted by Gasteiger charge is -2.12. The van der Waals surface area contributed by atoms with Crippen LogP contribution >= 0.6 is 15.9 Å². The van der Waals surface area contributed by atoms with Gasteiger partial charge in [0.15, 0.2) is 0 Å². The number of nitrogens with one attached hydrogen (secondary N) is 1. The van der Waals surface area contributed by atoms with Crippen molar-refractivity contribution in [1.29, 1.82) is 0 Å². The maximum Gasteiger partial charge on any atom is 0.254 e. The van der Waals surface area contributed by atoms with Crippen LogP contribution < -0.4 is 10.5 Å². The topological polar surface area (TPSA) is 89.3 Å².